The number of aliphatic hydroxyl groups is 1. The number of likely N-dealkylation sites (N-methyl/N-ethyl adjacent to an activating group) is 1. The Morgan fingerprint density at radius 2 is 2.04 bits per heavy atom. The summed E-state index contributed by atoms with van der Waals surface area (Å²) in [6.45, 7) is 3.80. The molecule has 3 rings (SSSR count). The summed E-state index contributed by atoms with van der Waals surface area (Å²) in [5, 5.41) is 19.5. The second kappa shape index (κ2) is 6.86. The maximum atomic E-state index is 12.3. The Bertz CT molecular complexity index is 676. The Balaban J connectivity index is 1.78. The van der Waals surface area contributed by atoms with Gasteiger partial charge in [0.2, 0.25) is 5.91 Å². The van der Waals surface area contributed by atoms with Crippen molar-refractivity contribution >= 4 is 29.5 Å². The maximum absolute atomic E-state index is 12.3. The molecule has 2 saturated heterocycles. The minimum Gasteiger partial charge on any atom is -0.477 e. The largest absolute Gasteiger partial charge is 0.477 e. The zero-order valence-electron chi connectivity index (χ0n) is 15.2. The van der Waals surface area contributed by atoms with E-state index in [0.29, 0.717) is 17.9 Å². The van der Waals surface area contributed by atoms with Gasteiger partial charge in [-0.15, -0.1) is 11.8 Å². The van der Waals surface area contributed by atoms with Crippen LogP contribution in [0, 0.1) is 11.8 Å². The number of carbonyl (C=O) groups is 3. The highest BCUT2D eigenvalue weighted by atomic mass is 32.2. The van der Waals surface area contributed by atoms with Gasteiger partial charge in [0.1, 0.15) is 11.8 Å². The van der Waals surface area contributed by atoms with Crippen molar-refractivity contribution in [3.63, 3.8) is 0 Å². The van der Waals surface area contributed by atoms with Crippen LogP contribution in [0.1, 0.15) is 20.3 Å². The normalized spacial score (nSPS) is 34.6. The van der Waals surface area contributed by atoms with Gasteiger partial charge in [-0.3, -0.25) is 9.59 Å². The first-order chi connectivity index (χ1) is 12.1. The van der Waals surface area contributed by atoms with Crippen LogP contribution < -0.4 is 0 Å². The first-order valence-corrected chi connectivity index (χ1v) is 9.51. The summed E-state index contributed by atoms with van der Waals surface area (Å²) >= 11 is 1.38. The van der Waals surface area contributed by atoms with Crippen LogP contribution in [0.15, 0.2) is 10.6 Å². The fraction of sp³-hybridized carbons (Fsp3) is 0.706. The van der Waals surface area contributed by atoms with Crippen molar-refractivity contribution in [3.05, 3.63) is 10.6 Å². The lowest BCUT2D eigenvalue weighted by atomic mass is 9.79. The van der Waals surface area contributed by atoms with Gasteiger partial charge in [-0.25, -0.2) is 4.79 Å². The molecule has 3 heterocycles. The van der Waals surface area contributed by atoms with Crippen LogP contribution in [0.25, 0.3) is 0 Å². The molecule has 0 bridgehead atoms. The third-order valence-electron chi connectivity index (χ3n) is 5.28. The highest BCUT2D eigenvalue weighted by Gasteiger charge is 2.60. The molecule has 0 saturated carbocycles. The fourth-order valence-corrected chi connectivity index (χ4v) is 5.43. The minimum atomic E-state index is -1.14. The topological polar surface area (TPSA) is 107 Å². The van der Waals surface area contributed by atoms with E-state index in [9.17, 15) is 24.6 Å². The van der Waals surface area contributed by atoms with E-state index in [1.165, 1.54) is 21.6 Å². The highest BCUT2D eigenvalue weighted by molar-refractivity contribution is 8.03. The Labute approximate surface area is 156 Å². The smallest absolute Gasteiger partial charge is 0.353 e. The van der Waals surface area contributed by atoms with E-state index in [4.69, 9.17) is 4.74 Å². The Kier molecular flexibility index (Phi) is 5.06. The SMILES string of the molecule is CC(O)[C@H]1C(=O)N2C(C(=O)O)=C(S[C@@H]3CO[C@H](C(=O)N(C)C)C3)[C@@H](C)[C@H]12. The van der Waals surface area contributed by atoms with Crippen molar-refractivity contribution < 1.29 is 29.3 Å². The summed E-state index contributed by atoms with van der Waals surface area (Å²) in [6, 6.07) is -0.322. The number of hydrogen-bond donors (Lipinski definition) is 2. The van der Waals surface area contributed by atoms with E-state index in [2.05, 4.69) is 0 Å². The quantitative estimate of drug-likeness (QED) is 0.648. The average Bonchev–Trinajstić information content (AvgIpc) is 3.09. The fourth-order valence-electron chi connectivity index (χ4n) is 4.00. The van der Waals surface area contributed by atoms with E-state index < -0.39 is 24.1 Å². The molecule has 0 aromatic carbocycles. The zero-order chi connectivity index (χ0) is 19.3. The number of aliphatic hydroxyl groups excluding tert-OH is 1. The molecule has 8 nitrogen and oxygen atoms in total. The number of thioether (sulfide) groups is 1. The maximum Gasteiger partial charge on any atom is 0.353 e. The van der Waals surface area contributed by atoms with Crippen molar-refractivity contribution in [2.24, 2.45) is 11.8 Å². The van der Waals surface area contributed by atoms with Crippen LogP contribution in [0.3, 0.4) is 0 Å². The predicted molar refractivity (Wildman–Crippen MR) is 94.1 cm³/mol. The predicted octanol–water partition coefficient (Wildman–Crippen LogP) is 0.119. The van der Waals surface area contributed by atoms with Crippen molar-refractivity contribution in [2.75, 3.05) is 20.7 Å². The summed E-state index contributed by atoms with van der Waals surface area (Å²) in [5.41, 5.74) is 0.0109. The molecule has 2 fully saturated rings. The minimum absolute atomic E-state index is 0.0109. The summed E-state index contributed by atoms with van der Waals surface area (Å²) in [5.74, 6) is -2.33. The van der Waals surface area contributed by atoms with Gasteiger partial charge in [0, 0.05) is 30.2 Å². The Hall–Kier alpha value is -1.58. The number of amides is 2. The lowest BCUT2D eigenvalue weighted by Crippen LogP contribution is -2.63. The molecule has 26 heavy (non-hydrogen) atoms. The molecule has 0 radical (unpaired) electrons. The molecule has 1 unspecified atom stereocenters. The number of aliphatic carboxylic acids is 1. The van der Waals surface area contributed by atoms with Crippen LogP contribution in [-0.2, 0) is 19.1 Å². The van der Waals surface area contributed by atoms with Gasteiger partial charge in [0.25, 0.3) is 5.91 Å². The second-order valence-corrected chi connectivity index (χ2v) is 8.64. The van der Waals surface area contributed by atoms with Gasteiger partial charge in [-0.1, -0.05) is 6.92 Å². The number of carboxylic acid groups (broad SMARTS) is 1. The van der Waals surface area contributed by atoms with Crippen LogP contribution in [-0.4, -0.2) is 82.0 Å². The molecule has 3 aliphatic rings. The number of rotatable bonds is 5. The monoisotopic (exact) mass is 384 g/mol. The van der Waals surface area contributed by atoms with E-state index >= 15 is 0 Å². The lowest BCUT2D eigenvalue weighted by Gasteiger charge is -2.46. The lowest BCUT2D eigenvalue weighted by molar-refractivity contribution is -0.163. The molecule has 9 heteroatoms. The van der Waals surface area contributed by atoms with Gasteiger partial charge < -0.3 is 24.7 Å². The van der Waals surface area contributed by atoms with Crippen LogP contribution in [0.2, 0.25) is 0 Å². The molecule has 0 aromatic rings. The average molecular weight is 384 g/mol. The number of nitrogens with zero attached hydrogens (tertiary/aromatic N) is 2. The number of carbonyl (C=O) groups excluding carboxylic acids is 2. The molecule has 3 aliphatic heterocycles. The van der Waals surface area contributed by atoms with Crippen molar-refractivity contribution in [1.82, 2.24) is 9.80 Å². The van der Waals surface area contributed by atoms with Gasteiger partial charge in [-0.2, -0.15) is 0 Å². The highest BCUT2D eigenvalue weighted by Crippen LogP contribution is 2.52. The summed E-state index contributed by atoms with van der Waals surface area (Å²) in [6.07, 6.45) is -0.831. The molecular weight excluding hydrogens is 360 g/mol. The summed E-state index contributed by atoms with van der Waals surface area (Å²) in [4.78, 5) is 39.6. The molecule has 2 N–H and O–H groups in total. The van der Waals surface area contributed by atoms with Crippen LogP contribution in [0.4, 0.5) is 0 Å². The summed E-state index contributed by atoms with van der Waals surface area (Å²) in [7, 11) is 3.34. The van der Waals surface area contributed by atoms with Gasteiger partial charge in [0.05, 0.1) is 24.7 Å². The van der Waals surface area contributed by atoms with E-state index in [0.717, 1.165) is 0 Å². The molecule has 0 aliphatic carbocycles. The van der Waals surface area contributed by atoms with Gasteiger partial charge >= 0.3 is 5.97 Å². The zero-order valence-corrected chi connectivity index (χ0v) is 16.0. The van der Waals surface area contributed by atoms with Gasteiger partial charge in [0.15, 0.2) is 0 Å². The molecule has 0 aromatic heterocycles. The van der Waals surface area contributed by atoms with E-state index in [-0.39, 0.29) is 34.7 Å². The Morgan fingerprint density at radius 1 is 1.38 bits per heavy atom. The first kappa shape index (κ1) is 19.2. The van der Waals surface area contributed by atoms with Crippen molar-refractivity contribution in [1.29, 1.82) is 0 Å². The molecule has 6 atom stereocenters. The number of ether oxygens (including phenoxy) is 1. The third-order valence-corrected chi connectivity index (χ3v) is 6.76. The van der Waals surface area contributed by atoms with E-state index in [1.54, 1.807) is 21.0 Å². The van der Waals surface area contributed by atoms with Gasteiger partial charge in [-0.05, 0) is 13.3 Å². The third kappa shape index (κ3) is 2.91. The summed E-state index contributed by atoms with van der Waals surface area (Å²) < 4.78 is 5.58. The number of carboxylic acids is 1. The molecule has 144 valence electrons. The first-order valence-electron chi connectivity index (χ1n) is 8.63. The number of β-lactam (4-membered cyclic amide) rings is 1. The van der Waals surface area contributed by atoms with Crippen molar-refractivity contribution in [3.8, 4) is 0 Å². The standard InChI is InChI=1S/C17H24N2O6S/c1-7-12-11(8(2)20)16(22)19(12)13(17(23)24)14(7)26-9-5-10(25-6-9)15(21)18(3)4/h7-12,20H,5-6H2,1-4H3,(H,23,24)/t7-,8?,9-,10-,11+,12+/m0/s1. The number of hydrogen-bond acceptors (Lipinski definition) is 6. The molecule has 2 amide bonds. The molecular formula is C17H24N2O6S. The Morgan fingerprint density at radius 3 is 2.58 bits per heavy atom. The van der Waals surface area contributed by atoms with Crippen LogP contribution in [0.5, 0.6) is 0 Å². The van der Waals surface area contributed by atoms with Crippen LogP contribution >= 0.6 is 11.8 Å². The molecule has 0 spiro atoms. The second-order valence-electron chi connectivity index (χ2n) is 7.30. The number of fused-ring (bicyclic) bond motifs is 1. The van der Waals surface area contributed by atoms with Crippen molar-refractivity contribution in [2.45, 2.75) is 43.8 Å². The van der Waals surface area contributed by atoms with E-state index in [1.807, 2.05) is 6.92 Å².